The van der Waals surface area contributed by atoms with Crippen molar-refractivity contribution in [2.75, 3.05) is 0 Å². The summed E-state index contributed by atoms with van der Waals surface area (Å²) in [6.45, 7) is -2.49. The third-order valence-electron chi connectivity index (χ3n) is 0.522. The lowest BCUT2D eigenvalue weighted by Gasteiger charge is -1.86. The maximum atomic E-state index is 7.31. The van der Waals surface area contributed by atoms with Crippen LogP contribution < -0.4 is 0 Å². The molecule has 3 heteroatoms. The summed E-state index contributed by atoms with van der Waals surface area (Å²) >= 11 is 2.88. The minimum Gasteiger partial charge on any atom is -0.155 e. The van der Waals surface area contributed by atoms with Crippen LogP contribution in [0, 0.1) is 6.85 Å². The molecular weight excluding hydrogens is 168 g/mol. The van der Waals surface area contributed by atoms with Crippen LogP contribution in [0.4, 0.5) is 0 Å². The summed E-state index contributed by atoms with van der Waals surface area (Å²) in [7, 11) is 0. The fourth-order valence-corrected chi connectivity index (χ4v) is 0.433. The Morgan fingerprint density at radius 2 is 2.62 bits per heavy atom. The zero-order chi connectivity index (χ0) is 10.2. The molecule has 42 valence electrons. The van der Waals surface area contributed by atoms with Gasteiger partial charge in [-0.3, -0.25) is 0 Å². The van der Waals surface area contributed by atoms with E-state index >= 15 is 0 Å². The molecule has 0 aliphatic heterocycles. The normalized spacial score (nSPS) is 19.9. The third kappa shape index (κ3) is 1.26. The van der Waals surface area contributed by atoms with E-state index in [0.29, 0.717) is 0 Å². The summed E-state index contributed by atoms with van der Waals surface area (Å²) < 4.78 is 35.6. The molecule has 0 unspecified atom stereocenters. The van der Waals surface area contributed by atoms with Crippen molar-refractivity contribution in [2.24, 2.45) is 0 Å². The van der Waals surface area contributed by atoms with E-state index in [4.69, 9.17) is 6.85 Å². The Labute approximate surface area is 63.1 Å². The van der Waals surface area contributed by atoms with Gasteiger partial charge in [-0.25, -0.2) is 0 Å². The summed E-state index contributed by atoms with van der Waals surface area (Å²) in [4.78, 5) is 0. The molecule has 1 heterocycles. The molecule has 0 aromatic carbocycles. The number of aromatic nitrogens is 2. The lowest BCUT2D eigenvalue weighted by molar-refractivity contribution is 0.959. The summed E-state index contributed by atoms with van der Waals surface area (Å²) in [5.74, 6) is 0. The van der Waals surface area contributed by atoms with Crippen molar-refractivity contribution >= 4 is 15.9 Å². The molecule has 1 aromatic heterocycles. The molecule has 0 N–H and O–H groups in total. The predicted octanol–water partition coefficient (Wildman–Crippen LogP) is 1.55. The molecule has 1 rings (SSSR count). The molecule has 0 atom stereocenters. The van der Waals surface area contributed by atoms with Gasteiger partial charge in [0.1, 0.15) is 4.60 Å². The number of halogens is 1. The molecule has 0 fully saturated rings. The van der Waals surface area contributed by atoms with Gasteiger partial charge in [0.25, 0.3) is 0 Å². The van der Waals surface area contributed by atoms with Gasteiger partial charge in [0.2, 0.25) is 0 Å². The zero-order valence-electron chi connectivity index (χ0n) is 8.77. The first-order valence-electron chi connectivity index (χ1n) is 4.34. The fourth-order valence-electron chi connectivity index (χ4n) is 0.255. The minimum absolute atomic E-state index is 0.0745. The zero-order valence-corrected chi connectivity index (χ0v) is 5.36. The summed E-state index contributed by atoms with van der Waals surface area (Å²) in [5.41, 5.74) is -0.444. The van der Waals surface area contributed by atoms with Crippen LogP contribution in [0.25, 0.3) is 0 Å². The third-order valence-corrected chi connectivity index (χ3v) is 0.879. The number of hydrogen-bond acceptors (Lipinski definition) is 2. The molecule has 2 nitrogen and oxygen atoms in total. The number of rotatable bonds is 0. The molecule has 8 heavy (non-hydrogen) atoms. The lowest BCUT2D eigenvalue weighted by atomic mass is 10.4. The monoisotopic (exact) mass is 177 g/mol. The molecule has 1 aromatic rings. The van der Waals surface area contributed by atoms with Gasteiger partial charge in [0, 0.05) is 4.11 Å². The molecule has 0 amide bonds. The van der Waals surface area contributed by atoms with E-state index in [1.807, 2.05) is 0 Å². The van der Waals surface area contributed by atoms with Crippen molar-refractivity contribution in [1.82, 2.24) is 10.2 Å². The predicted molar refractivity (Wildman–Crippen MR) is 34.5 cm³/mol. The largest absolute Gasteiger partial charge is 0.155 e. The van der Waals surface area contributed by atoms with Gasteiger partial charge < -0.3 is 0 Å². The van der Waals surface area contributed by atoms with Crippen molar-refractivity contribution in [1.29, 1.82) is 0 Å². The number of hydrogen-bond donors (Lipinski definition) is 0. The molecule has 0 spiro atoms. The maximum absolute atomic E-state index is 7.31. The van der Waals surface area contributed by atoms with Crippen LogP contribution in [-0.4, -0.2) is 10.2 Å². The second-order valence-electron chi connectivity index (χ2n) is 1.09. The Morgan fingerprint density at radius 3 is 3.38 bits per heavy atom. The minimum atomic E-state index is -2.49. The Kier molecular flexibility index (Phi) is 0.572. The second kappa shape index (κ2) is 2.22. The van der Waals surface area contributed by atoms with Crippen LogP contribution in [0.5, 0.6) is 0 Å². The van der Waals surface area contributed by atoms with Crippen LogP contribution in [-0.2, 0) is 0 Å². The van der Waals surface area contributed by atoms with Gasteiger partial charge in [-0.2, -0.15) is 5.10 Å². The molecular formula is C5H5BrN2. The molecule has 0 saturated carbocycles. The average Bonchev–Trinajstić information content (AvgIpc) is 1.98. The van der Waals surface area contributed by atoms with Crippen LogP contribution in [0.2, 0.25) is 0 Å². The SMILES string of the molecule is [2H]c1c(Br)nnc(C([2H])([2H])[2H])c1[2H]. The molecule has 0 radical (unpaired) electrons. The summed E-state index contributed by atoms with van der Waals surface area (Å²) in [6, 6.07) is -0.678. The van der Waals surface area contributed by atoms with E-state index < -0.39 is 18.6 Å². The average molecular weight is 178 g/mol. The fraction of sp³-hybridized carbons (Fsp3) is 0.200. The summed E-state index contributed by atoms with van der Waals surface area (Å²) in [5, 5.41) is 6.75. The van der Waals surface area contributed by atoms with E-state index in [2.05, 4.69) is 26.1 Å². The van der Waals surface area contributed by atoms with E-state index in [1.165, 1.54) is 0 Å². The van der Waals surface area contributed by atoms with Crippen LogP contribution in [0.15, 0.2) is 16.7 Å². The maximum Gasteiger partial charge on any atom is 0.128 e. The van der Waals surface area contributed by atoms with Gasteiger partial charge >= 0.3 is 0 Å². The first-order chi connectivity index (χ1) is 5.84. The first-order valence-corrected chi connectivity index (χ1v) is 2.63. The highest BCUT2D eigenvalue weighted by Crippen LogP contribution is 2.01. The highest BCUT2D eigenvalue weighted by molar-refractivity contribution is 9.10. The number of nitrogens with zero attached hydrogens (tertiary/aromatic N) is 2. The molecule has 0 bridgehead atoms. The van der Waals surface area contributed by atoms with Crippen LogP contribution in [0.3, 0.4) is 0 Å². The van der Waals surface area contributed by atoms with Gasteiger partial charge in [-0.1, -0.05) is 0 Å². The quantitative estimate of drug-likeness (QED) is 0.602. The van der Waals surface area contributed by atoms with E-state index in [-0.39, 0.29) is 10.6 Å². The van der Waals surface area contributed by atoms with Crippen molar-refractivity contribution in [3.63, 3.8) is 0 Å². The topological polar surface area (TPSA) is 25.8 Å². The first kappa shape index (κ1) is 2.06. The molecule has 0 aliphatic carbocycles. The Morgan fingerprint density at radius 1 is 1.75 bits per heavy atom. The number of aryl methyl sites for hydroxylation is 1. The van der Waals surface area contributed by atoms with Crippen molar-refractivity contribution in [3.8, 4) is 0 Å². The van der Waals surface area contributed by atoms with E-state index in [0.717, 1.165) is 0 Å². The molecule has 0 saturated heterocycles. The van der Waals surface area contributed by atoms with Gasteiger partial charge in [0.05, 0.1) is 8.44 Å². The standard InChI is InChI=1S/C5H5BrN2/c1-4-2-3-5(6)8-7-4/h2-3H,1H3/i1D3,2D,3D. The van der Waals surface area contributed by atoms with Crippen molar-refractivity contribution in [3.05, 3.63) is 22.4 Å². The highest BCUT2D eigenvalue weighted by atomic mass is 79.9. The molecule has 0 aliphatic rings. The van der Waals surface area contributed by atoms with Gasteiger partial charge in [-0.15, -0.1) is 5.10 Å². The Bertz CT molecular complexity index is 336. The van der Waals surface area contributed by atoms with Crippen molar-refractivity contribution < 1.29 is 6.85 Å². The van der Waals surface area contributed by atoms with Gasteiger partial charge in [-0.05, 0) is 34.9 Å². The lowest BCUT2D eigenvalue weighted by Crippen LogP contribution is -1.83. The highest BCUT2D eigenvalue weighted by Gasteiger charge is 1.84. The van der Waals surface area contributed by atoms with Crippen molar-refractivity contribution in [2.45, 2.75) is 6.85 Å². The Balaban J connectivity index is 3.35. The van der Waals surface area contributed by atoms with Crippen LogP contribution in [0.1, 0.15) is 12.5 Å². The smallest absolute Gasteiger partial charge is 0.128 e. The van der Waals surface area contributed by atoms with E-state index in [9.17, 15) is 0 Å². The van der Waals surface area contributed by atoms with Crippen LogP contribution >= 0.6 is 15.9 Å². The second-order valence-corrected chi connectivity index (χ2v) is 1.84. The van der Waals surface area contributed by atoms with E-state index in [1.54, 1.807) is 0 Å². The summed E-state index contributed by atoms with van der Waals surface area (Å²) in [6.07, 6.45) is 0. The Hall–Kier alpha value is -0.440. The van der Waals surface area contributed by atoms with Gasteiger partial charge in [0.15, 0.2) is 0 Å².